The van der Waals surface area contributed by atoms with Crippen molar-refractivity contribution in [3.63, 3.8) is 0 Å². The van der Waals surface area contributed by atoms with Crippen molar-refractivity contribution >= 4 is 21.6 Å². The van der Waals surface area contributed by atoms with Crippen molar-refractivity contribution in [3.05, 3.63) is 42.0 Å². The number of benzene rings is 2. The van der Waals surface area contributed by atoms with E-state index in [-0.39, 0.29) is 10.8 Å². The molecule has 1 atom stereocenters. The topological polar surface area (TPSA) is 94.2 Å². The summed E-state index contributed by atoms with van der Waals surface area (Å²) in [5.74, 6) is 1.67. The first kappa shape index (κ1) is 20.5. The number of fused-ring (bicyclic) bond motifs is 1. The minimum atomic E-state index is -3.84. The number of amides is 1. The lowest BCUT2D eigenvalue weighted by atomic mass is 10.1. The highest BCUT2D eigenvalue weighted by atomic mass is 32.2. The summed E-state index contributed by atoms with van der Waals surface area (Å²) in [5, 5.41) is 0. The molecule has 2 aromatic rings. The molecule has 0 spiro atoms. The Morgan fingerprint density at radius 3 is 2.57 bits per heavy atom. The highest BCUT2D eigenvalue weighted by Gasteiger charge is 2.27. The van der Waals surface area contributed by atoms with Gasteiger partial charge in [0.15, 0.2) is 11.5 Å². The zero-order valence-electron chi connectivity index (χ0n) is 16.9. The third-order valence-corrected chi connectivity index (χ3v) is 6.76. The number of hydrogen-bond acceptors (Lipinski definition) is 6. The molecule has 8 nitrogen and oxygen atoms in total. The van der Waals surface area contributed by atoms with Gasteiger partial charge in [-0.2, -0.15) is 0 Å². The quantitative estimate of drug-likeness (QED) is 0.754. The molecule has 9 heteroatoms. The Kier molecular flexibility index (Phi) is 5.57. The summed E-state index contributed by atoms with van der Waals surface area (Å²) in [6, 6.07) is 9.41. The minimum Gasteiger partial charge on any atom is -0.495 e. The van der Waals surface area contributed by atoms with E-state index in [0.717, 1.165) is 12.0 Å². The average Bonchev–Trinajstić information content (AvgIpc) is 3.18. The van der Waals surface area contributed by atoms with Gasteiger partial charge in [0.1, 0.15) is 19.0 Å². The summed E-state index contributed by atoms with van der Waals surface area (Å²) in [5.41, 5.74) is 1.22. The molecule has 2 heterocycles. The maximum Gasteiger partial charge on any atom is 0.241 e. The lowest BCUT2D eigenvalue weighted by Crippen LogP contribution is -2.28. The van der Waals surface area contributed by atoms with Gasteiger partial charge in [-0.05, 0) is 49.2 Å². The predicted octanol–water partition coefficient (Wildman–Crippen LogP) is 2.63. The predicted molar refractivity (Wildman–Crippen MR) is 111 cm³/mol. The first-order valence-corrected chi connectivity index (χ1v) is 11.3. The van der Waals surface area contributed by atoms with Crippen molar-refractivity contribution in [2.45, 2.75) is 30.7 Å². The molecule has 0 bridgehead atoms. The fraction of sp³-hybridized carbons (Fsp3) is 0.381. The summed E-state index contributed by atoms with van der Waals surface area (Å²) in [6.07, 6.45) is 1.18. The third-order valence-electron chi connectivity index (χ3n) is 5.22. The number of rotatable bonds is 6. The second-order valence-corrected chi connectivity index (χ2v) is 8.94. The largest absolute Gasteiger partial charge is 0.495 e. The van der Waals surface area contributed by atoms with Crippen LogP contribution in [-0.4, -0.2) is 41.2 Å². The fourth-order valence-corrected chi connectivity index (χ4v) is 4.90. The van der Waals surface area contributed by atoms with Gasteiger partial charge < -0.3 is 19.1 Å². The number of nitrogens with one attached hydrogen (secondary N) is 1. The summed E-state index contributed by atoms with van der Waals surface area (Å²) in [6.45, 7) is 3.26. The van der Waals surface area contributed by atoms with E-state index in [1.54, 1.807) is 30.0 Å². The Morgan fingerprint density at radius 2 is 1.87 bits per heavy atom. The zero-order valence-corrected chi connectivity index (χ0v) is 17.7. The van der Waals surface area contributed by atoms with E-state index in [1.807, 2.05) is 6.07 Å². The Hall–Kier alpha value is -2.78. The van der Waals surface area contributed by atoms with Crippen LogP contribution in [0.3, 0.4) is 0 Å². The Bertz CT molecular complexity index is 1070. The van der Waals surface area contributed by atoms with Crippen molar-refractivity contribution in [1.29, 1.82) is 0 Å². The number of sulfonamides is 1. The zero-order chi connectivity index (χ0) is 21.3. The van der Waals surface area contributed by atoms with Gasteiger partial charge in [0.25, 0.3) is 0 Å². The van der Waals surface area contributed by atoms with Gasteiger partial charge in [0, 0.05) is 19.0 Å². The van der Waals surface area contributed by atoms with Crippen LogP contribution in [0.2, 0.25) is 0 Å². The molecule has 1 N–H and O–H groups in total. The molecule has 0 aromatic heterocycles. The number of ether oxygens (including phenoxy) is 3. The number of anilines is 1. The van der Waals surface area contributed by atoms with Crippen molar-refractivity contribution in [1.82, 2.24) is 4.72 Å². The molecule has 1 fully saturated rings. The molecule has 1 amide bonds. The van der Waals surface area contributed by atoms with Crippen LogP contribution < -0.4 is 23.8 Å². The second-order valence-electron chi connectivity index (χ2n) is 7.23. The third kappa shape index (κ3) is 3.95. The molecule has 0 unspecified atom stereocenters. The molecule has 0 aliphatic carbocycles. The van der Waals surface area contributed by atoms with Gasteiger partial charge in [-0.15, -0.1) is 0 Å². The lowest BCUT2D eigenvalue weighted by Gasteiger charge is -2.22. The van der Waals surface area contributed by atoms with Crippen LogP contribution in [0.5, 0.6) is 17.2 Å². The summed E-state index contributed by atoms with van der Waals surface area (Å²) in [7, 11) is -2.34. The Labute approximate surface area is 175 Å². The average molecular weight is 432 g/mol. The number of nitrogens with zero attached hydrogens (tertiary/aromatic N) is 1. The van der Waals surface area contributed by atoms with Gasteiger partial charge in [0.05, 0.1) is 17.7 Å². The van der Waals surface area contributed by atoms with Gasteiger partial charge in [-0.3, -0.25) is 4.79 Å². The van der Waals surface area contributed by atoms with Crippen LogP contribution in [0.4, 0.5) is 5.69 Å². The van der Waals surface area contributed by atoms with Crippen molar-refractivity contribution in [3.8, 4) is 17.2 Å². The number of methoxy groups -OCH3 is 1. The number of hydrogen-bond donors (Lipinski definition) is 1. The van der Waals surface area contributed by atoms with E-state index in [0.29, 0.717) is 49.1 Å². The maximum absolute atomic E-state index is 13.0. The maximum atomic E-state index is 13.0. The highest BCUT2D eigenvalue weighted by molar-refractivity contribution is 7.89. The molecule has 30 heavy (non-hydrogen) atoms. The highest BCUT2D eigenvalue weighted by Crippen LogP contribution is 2.35. The molecule has 2 aromatic carbocycles. The van der Waals surface area contributed by atoms with Crippen LogP contribution in [0, 0.1) is 0 Å². The summed E-state index contributed by atoms with van der Waals surface area (Å²) < 4.78 is 45.2. The first-order valence-electron chi connectivity index (χ1n) is 9.79. The molecular weight excluding hydrogens is 408 g/mol. The van der Waals surface area contributed by atoms with Crippen LogP contribution in [0.15, 0.2) is 41.3 Å². The van der Waals surface area contributed by atoms with E-state index in [4.69, 9.17) is 14.2 Å². The molecule has 2 aliphatic heterocycles. The second kappa shape index (κ2) is 8.16. The van der Waals surface area contributed by atoms with Gasteiger partial charge in [-0.1, -0.05) is 6.07 Å². The SMILES string of the molecule is COc1ccc(S(=O)(=O)N[C@@H](C)c2ccc3c(c2)OCCO3)cc1N1CCCC1=O. The normalized spacial score (nSPS) is 17.1. The molecule has 0 saturated carbocycles. The number of carbonyl (C=O) groups is 1. The van der Waals surface area contributed by atoms with Crippen molar-refractivity contribution in [2.75, 3.05) is 31.8 Å². The first-order chi connectivity index (χ1) is 14.4. The van der Waals surface area contributed by atoms with Crippen molar-refractivity contribution < 1.29 is 27.4 Å². The van der Waals surface area contributed by atoms with Crippen LogP contribution in [-0.2, 0) is 14.8 Å². The van der Waals surface area contributed by atoms with Crippen LogP contribution in [0.25, 0.3) is 0 Å². The lowest BCUT2D eigenvalue weighted by molar-refractivity contribution is -0.117. The van der Waals surface area contributed by atoms with E-state index < -0.39 is 16.1 Å². The molecule has 0 radical (unpaired) electrons. The van der Waals surface area contributed by atoms with E-state index in [1.165, 1.54) is 19.2 Å². The fourth-order valence-electron chi connectivity index (χ4n) is 3.65. The molecule has 1 saturated heterocycles. The number of carbonyl (C=O) groups excluding carboxylic acids is 1. The molecular formula is C21H24N2O6S. The van der Waals surface area contributed by atoms with Crippen molar-refractivity contribution in [2.24, 2.45) is 0 Å². The van der Waals surface area contributed by atoms with E-state index in [9.17, 15) is 13.2 Å². The van der Waals surface area contributed by atoms with Gasteiger partial charge >= 0.3 is 0 Å². The van der Waals surface area contributed by atoms with Gasteiger partial charge in [0.2, 0.25) is 15.9 Å². The monoisotopic (exact) mass is 432 g/mol. The van der Waals surface area contributed by atoms with Crippen LogP contribution in [0.1, 0.15) is 31.4 Å². The van der Waals surface area contributed by atoms with E-state index in [2.05, 4.69) is 4.72 Å². The Balaban J connectivity index is 1.59. The summed E-state index contributed by atoms with van der Waals surface area (Å²) >= 11 is 0. The van der Waals surface area contributed by atoms with Crippen LogP contribution >= 0.6 is 0 Å². The van der Waals surface area contributed by atoms with E-state index >= 15 is 0 Å². The minimum absolute atomic E-state index is 0.0412. The summed E-state index contributed by atoms with van der Waals surface area (Å²) in [4.78, 5) is 13.8. The molecule has 4 rings (SSSR count). The van der Waals surface area contributed by atoms with Gasteiger partial charge in [-0.25, -0.2) is 13.1 Å². The molecule has 2 aliphatic rings. The standard InChI is InChI=1S/C21H24N2O6S/c1-14(15-5-7-19-20(12-15)29-11-10-28-19)22-30(25,26)16-6-8-18(27-2)17(13-16)23-9-3-4-21(23)24/h5-8,12-14,22H,3-4,9-11H2,1-2H3/t14-/m0/s1. The smallest absolute Gasteiger partial charge is 0.241 e. The molecule has 160 valence electrons. The Morgan fingerprint density at radius 1 is 1.10 bits per heavy atom.